The molecule has 0 atom stereocenters. The van der Waals surface area contributed by atoms with Gasteiger partial charge in [0.25, 0.3) is 0 Å². The molecule has 0 bridgehead atoms. The molecule has 0 unspecified atom stereocenters. The number of halogens is 1. The number of allylic oxidation sites excluding steroid dienone is 1. The molecule has 142 valence electrons. The summed E-state index contributed by atoms with van der Waals surface area (Å²) in [4.78, 5) is 20.5. The van der Waals surface area contributed by atoms with Crippen molar-refractivity contribution in [1.82, 2.24) is 19.7 Å². The zero-order valence-corrected chi connectivity index (χ0v) is 15.2. The lowest BCUT2D eigenvalue weighted by molar-refractivity contribution is 0.0698. The molecule has 2 aromatic heterocycles. The molecule has 4 aromatic rings. The number of aromatic carboxylic acids is 1. The molecule has 0 amide bonds. The molecule has 2 aromatic carbocycles. The van der Waals surface area contributed by atoms with Gasteiger partial charge in [0.15, 0.2) is 0 Å². The Labute approximate surface area is 165 Å². The number of para-hydroxylation sites is 1. The molecule has 29 heavy (non-hydrogen) atoms. The SMILES string of the molecule is O=C(O)c1c2c(nc3ccccc13)/C(=C\c1ccc(-n3cncn3)c(F)c1)CC2. The molecule has 0 saturated carbocycles. The number of pyridine rings is 1. The Kier molecular flexibility index (Phi) is 3.94. The topological polar surface area (TPSA) is 80.9 Å². The van der Waals surface area contributed by atoms with Gasteiger partial charge in [-0.1, -0.05) is 24.3 Å². The molecule has 0 aliphatic heterocycles. The number of carboxylic acid groups (broad SMARTS) is 1. The van der Waals surface area contributed by atoms with Gasteiger partial charge in [-0.15, -0.1) is 0 Å². The van der Waals surface area contributed by atoms with Crippen LogP contribution >= 0.6 is 0 Å². The maximum atomic E-state index is 14.6. The Morgan fingerprint density at radius 1 is 1.17 bits per heavy atom. The molecular formula is C22H15FN4O2. The zero-order chi connectivity index (χ0) is 20.0. The number of hydrogen-bond acceptors (Lipinski definition) is 4. The summed E-state index contributed by atoms with van der Waals surface area (Å²) in [6.45, 7) is 0. The lowest BCUT2D eigenvalue weighted by atomic mass is 10.0. The molecule has 0 fully saturated rings. The van der Waals surface area contributed by atoms with E-state index in [0.717, 1.165) is 11.1 Å². The number of rotatable bonds is 3. The largest absolute Gasteiger partial charge is 0.478 e. The van der Waals surface area contributed by atoms with Gasteiger partial charge >= 0.3 is 5.97 Å². The third-order valence-corrected chi connectivity index (χ3v) is 5.13. The number of carboxylic acids is 1. The van der Waals surface area contributed by atoms with Crippen LogP contribution in [0.25, 0.3) is 28.2 Å². The minimum Gasteiger partial charge on any atom is -0.478 e. The van der Waals surface area contributed by atoms with Crippen molar-refractivity contribution in [3.63, 3.8) is 0 Å². The molecule has 2 heterocycles. The minimum absolute atomic E-state index is 0.307. The van der Waals surface area contributed by atoms with Crippen molar-refractivity contribution in [2.24, 2.45) is 0 Å². The van der Waals surface area contributed by atoms with Crippen LogP contribution in [-0.4, -0.2) is 30.8 Å². The summed E-state index contributed by atoms with van der Waals surface area (Å²) < 4.78 is 15.9. The van der Waals surface area contributed by atoms with Crippen molar-refractivity contribution >= 4 is 28.5 Å². The van der Waals surface area contributed by atoms with Crippen molar-refractivity contribution < 1.29 is 14.3 Å². The molecular weight excluding hydrogens is 371 g/mol. The van der Waals surface area contributed by atoms with Crippen LogP contribution in [0.2, 0.25) is 0 Å². The second-order valence-electron chi connectivity index (χ2n) is 6.86. The van der Waals surface area contributed by atoms with E-state index >= 15 is 0 Å². The van der Waals surface area contributed by atoms with E-state index in [4.69, 9.17) is 4.98 Å². The van der Waals surface area contributed by atoms with E-state index in [2.05, 4.69) is 10.1 Å². The van der Waals surface area contributed by atoms with Crippen LogP contribution in [0.5, 0.6) is 0 Å². The Bertz CT molecular complexity index is 1300. The van der Waals surface area contributed by atoms with Gasteiger partial charge in [0.1, 0.15) is 24.2 Å². The Balaban J connectivity index is 1.61. The van der Waals surface area contributed by atoms with E-state index in [-0.39, 0.29) is 0 Å². The molecule has 6 nitrogen and oxygen atoms in total. The fourth-order valence-corrected chi connectivity index (χ4v) is 3.86. The highest BCUT2D eigenvalue weighted by atomic mass is 19.1. The monoisotopic (exact) mass is 386 g/mol. The average Bonchev–Trinajstić information content (AvgIpc) is 3.37. The Hall–Kier alpha value is -3.87. The number of carbonyl (C=O) groups is 1. The van der Waals surface area contributed by atoms with Crippen molar-refractivity contribution in [3.05, 3.63) is 83.3 Å². The van der Waals surface area contributed by atoms with Crippen LogP contribution in [0.4, 0.5) is 4.39 Å². The number of fused-ring (bicyclic) bond motifs is 2. The molecule has 5 rings (SSSR count). The van der Waals surface area contributed by atoms with Gasteiger partial charge in [0.2, 0.25) is 0 Å². The van der Waals surface area contributed by atoms with Gasteiger partial charge in [-0.2, -0.15) is 5.10 Å². The lowest BCUT2D eigenvalue weighted by Crippen LogP contribution is -2.05. The predicted molar refractivity (Wildman–Crippen MR) is 106 cm³/mol. The quantitative estimate of drug-likeness (QED) is 0.572. The average molecular weight is 386 g/mol. The van der Waals surface area contributed by atoms with Gasteiger partial charge in [-0.3, -0.25) is 0 Å². The number of aromatic nitrogens is 4. The first-order valence-corrected chi connectivity index (χ1v) is 9.12. The second-order valence-corrected chi connectivity index (χ2v) is 6.86. The zero-order valence-electron chi connectivity index (χ0n) is 15.2. The van der Waals surface area contributed by atoms with E-state index in [1.165, 1.54) is 23.4 Å². The predicted octanol–water partition coefficient (Wildman–Crippen LogP) is 4.14. The van der Waals surface area contributed by atoms with Gasteiger partial charge < -0.3 is 5.11 Å². The Morgan fingerprint density at radius 3 is 2.79 bits per heavy atom. The molecule has 1 aliphatic rings. The van der Waals surface area contributed by atoms with E-state index in [9.17, 15) is 14.3 Å². The first-order chi connectivity index (χ1) is 14.1. The molecule has 0 spiro atoms. The molecule has 0 saturated heterocycles. The standard InChI is InChI=1S/C22H15FN4O2/c23-17-10-13(5-8-19(17)27-12-24-11-25-27)9-14-6-7-16-20(22(28)29)15-3-1-2-4-18(15)26-21(14)16/h1-5,8-12H,6-7H2,(H,28,29)/b14-9-. The maximum absolute atomic E-state index is 14.6. The normalized spacial score (nSPS) is 14.4. The second kappa shape index (κ2) is 6.63. The van der Waals surface area contributed by atoms with Crippen LogP contribution in [0.1, 0.15) is 33.6 Å². The summed E-state index contributed by atoms with van der Waals surface area (Å²) in [5, 5.41) is 14.4. The van der Waals surface area contributed by atoms with Crippen LogP contribution in [0.3, 0.4) is 0 Å². The van der Waals surface area contributed by atoms with E-state index in [0.29, 0.717) is 46.3 Å². The van der Waals surface area contributed by atoms with Crippen molar-refractivity contribution in [1.29, 1.82) is 0 Å². The minimum atomic E-state index is -0.954. The number of nitrogens with zero attached hydrogens (tertiary/aromatic N) is 4. The van der Waals surface area contributed by atoms with Crippen LogP contribution in [-0.2, 0) is 6.42 Å². The summed E-state index contributed by atoms with van der Waals surface area (Å²) in [6.07, 6.45) is 5.91. The van der Waals surface area contributed by atoms with Crippen molar-refractivity contribution in [3.8, 4) is 5.69 Å². The summed E-state index contributed by atoms with van der Waals surface area (Å²) >= 11 is 0. The molecule has 7 heteroatoms. The summed E-state index contributed by atoms with van der Waals surface area (Å²) in [5.41, 5.74) is 4.27. The maximum Gasteiger partial charge on any atom is 0.336 e. The number of benzene rings is 2. The van der Waals surface area contributed by atoms with Crippen molar-refractivity contribution in [2.45, 2.75) is 12.8 Å². The smallest absolute Gasteiger partial charge is 0.336 e. The fourth-order valence-electron chi connectivity index (χ4n) is 3.86. The van der Waals surface area contributed by atoms with Gasteiger partial charge in [0, 0.05) is 5.39 Å². The van der Waals surface area contributed by atoms with E-state index in [1.807, 2.05) is 24.3 Å². The van der Waals surface area contributed by atoms with Crippen LogP contribution in [0, 0.1) is 5.82 Å². The molecule has 1 aliphatic carbocycles. The highest BCUT2D eigenvalue weighted by Crippen LogP contribution is 2.37. The lowest BCUT2D eigenvalue weighted by Gasteiger charge is -2.09. The molecule has 0 radical (unpaired) electrons. The highest BCUT2D eigenvalue weighted by Gasteiger charge is 2.26. The fraction of sp³-hybridized carbons (Fsp3) is 0.0909. The van der Waals surface area contributed by atoms with Gasteiger partial charge in [-0.05, 0) is 53.8 Å². The van der Waals surface area contributed by atoms with Crippen molar-refractivity contribution in [2.75, 3.05) is 0 Å². The van der Waals surface area contributed by atoms with Crippen LogP contribution in [0.15, 0.2) is 55.1 Å². The summed E-state index contributed by atoms with van der Waals surface area (Å²) in [5.74, 6) is -1.37. The first-order valence-electron chi connectivity index (χ1n) is 9.12. The first kappa shape index (κ1) is 17.2. The van der Waals surface area contributed by atoms with E-state index in [1.54, 1.807) is 18.2 Å². The summed E-state index contributed by atoms with van der Waals surface area (Å²) in [6, 6.07) is 12.1. The van der Waals surface area contributed by atoms with E-state index < -0.39 is 11.8 Å². The molecule has 1 N–H and O–H groups in total. The third kappa shape index (κ3) is 2.87. The van der Waals surface area contributed by atoms with Crippen LogP contribution < -0.4 is 0 Å². The van der Waals surface area contributed by atoms with Gasteiger partial charge in [-0.25, -0.2) is 23.8 Å². The summed E-state index contributed by atoms with van der Waals surface area (Å²) in [7, 11) is 0. The number of hydrogen-bond donors (Lipinski definition) is 1. The van der Waals surface area contributed by atoms with Gasteiger partial charge in [0.05, 0.1) is 16.8 Å². The Morgan fingerprint density at radius 2 is 2.03 bits per heavy atom. The highest BCUT2D eigenvalue weighted by molar-refractivity contribution is 6.06. The third-order valence-electron chi connectivity index (χ3n) is 5.13.